The number of methoxy groups -OCH3 is 1. The fraction of sp³-hybridized carbons (Fsp3) is 0.429. The summed E-state index contributed by atoms with van der Waals surface area (Å²) < 4.78 is 4.83. The van der Waals surface area contributed by atoms with Gasteiger partial charge in [0.05, 0.1) is 10.6 Å². The lowest BCUT2D eigenvalue weighted by atomic mass is 10.1. The van der Waals surface area contributed by atoms with E-state index in [-0.39, 0.29) is 18.4 Å². The van der Waals surface area contributed by atoms with Gasteiger partial charge in [-0.05, 0) is 18.2 Å². The normalized spacial score (nSPS) is 15.1. The standard InChI is InChI=1S/C14H18ClN3O3/c1-21-9-13(19)17-4-6-18(7-5-17)14(20)11-3-2-10(16)8-12(11)15/h2-3,8H,4-7,9,16H2,1H3. The summed E-state index contributed by atoms with van der Waals surface area (Å²) in [6.07, 6.45) is 0. The molecule has 1 aliphatic rings. The highest BCUT2D eigenvalue weighted by atomic mass is 35.5. The number of halogens is 1. The van der Waals surface area contributed by atoms with Crippen LogP contribution in [0.4, 0.5) is 5.69 Å². The maximum Gasteiger partial charge on any atom is 0.255 e. The average molecular weight is 312 g/mol. The van der Waals surface area contributed by atoms with E-state index >= 15 is 0 Å². The Morgan fingerprint density at radius 3 is 2.43 bits per heavy atom. The molecule has 1 aliphatic heterocycles. The van der Waals surface area contributed by atoms with Gasteiger partial charge in [0, 0.05) is 39.0 Å². The van der Waals surface area contributed by atoms with Gasteiger partial charge >= 0.3 is 0 Å². The van der Waals surface area contributed by atoms with Crippen molar-refractivity contribution in [2.45, 2.75) is 0 Å². The molecule has 0 spiro atoms. The summed E-state index contributed by atoms with van der Waals surface area (Å²) in [6, 6.07) is 4.84. The highest BCUT2D eigenvalue weighted by Crippen LogP contribution is 2.21. The minimum Gasteiger partial charge on any atom is -0.399 e. The number of hydrogen-bond acceptors (Lipinski definition) is 4. The molecule has 0 radical (unpaired) electrons. The molecule has 0 saturated carbocycles. The number of carbonyl (C=O) groups excluding carboxylic acids is 2. The Morgan fingerprint density at radius 2 is 1.86 bits per heavy atom. The number of benzene rings is 1. The third-order valence-corrected chi connectivity index (χ3v) is 3.72. The molecular weight excluding hydrogens is 294 g/mol. The minimum absolute atomic E-state index is 0.0601. The van der Waals surface area contributed by atoms with Crippen molar-refractivity contribution in [2.75, 3.05) is 45.6 Å². The first-order valence-corrected chi connectivity index (χ1v) is 7.01. The zero-order chi connectivity index (χ0) is 15.4. The summed E-state index contributed by atoms with van der Waals surface area (Å²) in [5, 5.41) is 0.345. The van der Waals surface area contributed by atoms with Crippen LogP contribution in [0.5, 0.6) is 0 Å². The van der Waals surface area contributed by atoms with Gasteiger partial charge in [0.2, 0.25) is 5.91 Å². The number of anilines is 1. The van der Waals surface area contributed by atoms with E-state index in [1.54, 1.807) is 28.0 Å². The molecule has 2 N–H and O–H groups in total. The Morgan fingerprint density at radius 1 is 1.24 bits per heavy atom. The molecule has 7 heteroatoms. The van der Waals surface area contributed by atoms with E-state index in [2.05, 4.69) is 0 Å². The van der Waals surface area contributed by atoms with Crippen LogP contribution in [0.2, 0.25) is 5.02 Å². The molecule has 21 heavy (non-hydrogen) atoms. The third-order valence-electron chi connectivity index (χ3n) is 3.41. The highest BCUT2D eigenvalue weighted by molar-refractivity contribution is 6.34. The van der Waals surface area contributed by atoms with Crippen LogP contribution in [0.25, 0.3) is 0 Å². The topological polar surface area (TPSA) is 75.9 Å². The Balaban J connectivity index is 1.98. The molecular formula is C14H18ClN3O3. The first kappa shape index (κ1) is 15.6. The summed E-state index contributed by atoms with van der Waals surface area (Å²) in [5.74, 6) is -0.200. The molecule has 0 aliphatic carbocycles. The van der Waals surface area contributed by atoms with Crippen LogP contribution in [0.1, 0.15) is 10.4 Å². The van der Waals surface area contributed by atoms with Gasteiger partial charge in [-0.25, -0.2) is 0 Å². The molecule has 0 aromatic heterocycles. The van der Waals surface area contributed by atoms with Crippen LogP contribution < -0.4 is 5.73 Å². The lowest BCUT2D eigenvalue weighted by Crippen LogP contribution is -2.51. The largest absolute Gasteiger partial charge is 0.399 e. The van der Waals surface area contributed by atoms with Crippen molar-refractivity contribution < 1.29 is 14.3 Å². The van der Waals surface area contributed by atoms with E-state index < -0.39 is 0 Å². The van der Waals surface area contributed by atoms with Crippen molar-refractivity contribution >= 4 is 29.1 Å². The molecule has 0 unspecified atom stereocenters. The van der Waals surface area contributed by atoms with E-state index in [1.807, 2.05) is 0 Å². The molecule has 0 atom stereocenters. The van der Waals surface area contributed by atoms with Crippen molar-refractivity contribution in [1.82, 2.24) is 9.80 Å². The van der Waals surface area contributed by atoms with E-state index in [4.69, 9.17) is 22.1 Å². The average Bonchev–Trinajstić information content (AvgIpc) is 2.47. The van der Waals surface area contributed by atoms with Crippen LogP contribution in [-0.2, 0) is 9.53 Å². The van der Waals surface area contributed by atoms with E-state index in [0.29, 0.717) is 42.5 Å². The Labute approximate surface area is 128 Å². The van der Waals surface area contributed by atoms with Crippen LogP contribution in [0, 0.1) is 0 Å². The molecule has 1 heterocycles. The van der Waals surface area contributed by atoms with E-state index in [1.165, 1.54) is 7.11 Å². The number of piperazine rings is 1. The monoisotopic (exact) mass is 311 g/mol. The Bertz CT molecular complexity index is 542. The highest BCUT2D eigenvalue weighted by Gasteiger charge is 2.25. The zero-order valence-electron chi connectivity index (χ0n) is 11.8. The number of nitrogen functional groups attached to an aromatic ring is 1. The first-order chi connectivity index (χ1) is 10.0. The number of amides is 2. The smallest absolute Gasteiger partial charge is 0.255 e. The van der Waals surface area contributed by atoms with Crippen LogP contribution in [0.15, 0.2) is 18.2 Å². The predicted octanol–water partition coefficient (Wildman–Crippen LogP) is 0.853. The van der Waals surface area contributed by atoms with Gasteiger partial charge in [-0.2, -0.15) is 0 Å². The lowest BCUT2D eigenvalue weighted by Gasteiger charge is -2.34. The Hall–Kier alpha value is -1.79. The van der Waals surface area contributed by atoms with Gasteiger partial charge in [-0.1, -0.05) is 11.6 Å². The second kappa shape index (κ2) is 6.78. The van der Waals surface area contributed by atoms with E-state index in [0.717, 1.165) is 0 Å². The van der Waals surface area contributed by atoms with Gasteiger partial charge in [-0.15, -0.1) is 0 Å². The molecule has 1 aromatic rings. The molecule has 1 aromatic carbocycles. The number of rotatable bonds is 3. The summed E-state index contributed by atoms with van der Waals surface area (Å²) in [7, 11) is 1.49. The summed E-state index contributed by atoms with van der Waals surface area (Å²) >= 11 is 6.06. The molecule has 1 fully saturated rings. The molecule has 114 valence electrons. The number of carbonyl (C=O) groups is 2. The number of ether oxygens (including phenoxy) is 1. The van der Waals surface area contributed by atoms with E-state index in [9.17, 15) is 9.59 Å². The zero-order valence-corrected chi connectivity index (χ0v) is 12.6. The van der Waals surface area contributed by atoms with Crippen molar-refractivity contribution in [3.63, 3.8) is 0 Å². The molecule has 1 saturated heterocycles. The van der Waals surface area contributed by atoms with Crippen molar-refractivity contribution in [2.24, 2.45) is 0 Å². The SMILES string of the molecule is COCC(=O)N1CCN(C(=O)c2ccc(N)cc2Cl)CC1. The second-order valence-corrected chi connectivity index (χ2v) is 5.25. The fourth-order valence-corrected chi connectivity index (χ4v) is 2.52. The number of nitrogens with two attached hydrogens (primary N) is 1. The van der Waals surface area contributed by atoms with Crippen molar-refractivity contribution in [3.05, 3.63) is 28.8 Å². The fourth-order valence-electron chi connectivity index (χ4n) is 2.25. The molecule has 2 amide bonds. The second-order valence-electron chi connectivity index (χ2n) is 4.85. The summed E-state index contributed by atoms with van der Waals surface area (Å²) in [5.41, 5.74) is 6.57. The van der Waals surface area contributed by atoms with Crippen LogP contribution >= 0.6 is 11.6 Å². The predicted molar refractivity (Wildman–Crippen MR) is 80.2 cm³/mol. The van der Waals surface area contributed by atoms with Gasteiger partial charge in [0.15, 0.2) is 0 Å². The molecule has 6 nitrogen and oxygen atoms in total. The summed E-state index contributed by atoms with van der Waals surface area (Å²) in [6.45, 7) is 2.03. The molecule has 0 bridgehead atoms. The Kier molecular flexibility index (Phi) is 5.03. The maximum atomic E-state index is 12.4. The number of hydrogen-bond donors (Lipinski definition) is 1. The minimum atomic E-state index is -0.140. The van der Waals surface area contributed by atoms with Gasteiger partial charge < -0.3 is 20.3 Å². The molecule has 2 rings (SSSR count). The summed E-state index contributed by atoms with van der Waals surface area (Å²) in [4.78, 5) is 27.5. The number of nitrogens with zero attached hydrogens (tertiary/aromatic N) is 2. The van der Waals surface area contributed by atoms with Gasteiger partial charge in [0.1, 0.15) is 6.61 Å². The third kappa shape index (κ3) is 3.65. The quantitative estimate of drug-likeness (QED) is 0.840. The first-order valence-electron chi connectivity index (χ1n) is 6.64. The van der Waals surface area contributed by atoms with Crippen molar-refractivity contribution in [3.8, 4) is 0 Å². The van der Waals surface area contributed by atoms with Crippen LogP contribution in [0.3, 0.4) is 0 Å². The maximum absolute atomic E-state index is 12.4. The lowest BCUT2D eigenvalue weighted by molar-refractivity contribution is -0.136. The van der Waals surface area contributed by atoms with Crippen LogP contribution in [-0.4, -0.2) is 61.5 Å². The van der Waals surface area contributed by atoms with Gasteiger partial charge in [-0.3, -0.25) is 9.59 Å². The van der Waals surface area contributed by atoms with Gasteiger partial charge in [0.25, 0.3) is 5.91 Å². The van der Waals surface area contributed by atoms with Crippen molar-refractivity contribution in [1.29, 1.82) is 0 Å².